The molecule has 1 aliphatic rings. The molecule has 0 bridgehead atoms. The minimum Gasteiger partial charge on any atom is -0.311 e. The number of nitrogens with one attached hydrogen (secondary N) is 1. The van der Waals surface area contributed by atoms with Gasteiger partial charge in [0.15, 0.2) is 0 Å². The predicted octanol–water partition coefficient (Wildman–Crippen LogP) is 3.04. The highest BCUT2D eigenvalue weighted by molar-refractivity contribution is 5.31. The summed E-state index contributed by atoms with van der Waals surface area (Å²) in [5, 5.41) is 3.56. The Kier molecular flexibility index (Phi) is 4.32. The van der Waals surface area contributed by atoms with Crippen LogP contribution >= 0.6 is 0 Å². The van der Waals surface area contributed by atoms with E-state index in [4.69, 9.17) is 0 Å². The van der Waals surface area contributed by atoms with E-state index in [0.717, 1.165) is 13.1 Å². The minimum atomic E-state index is 0.220. The summed E-state index contributed by atoms with van der Waals surface area (Å²) in [5.41, 5.74) is 2.18. The Labute approximate surface area is 118 Å². The van der Waals surface area contributed by atoms with Gasteiger partial charge in [-0.15, -0.1) is 0 Å². The van der Waals surface area contributed by atoms with Crippen LogP contribution in [-0.4, -0.2) is 37.1 Å². The van der Waals surface area contributed by atoms with E-state index >= 15 is 0 Å². The fourth-order valence-corrected chi connectivity index (χ4v) is 2.70. The van der Waals surface area contributed by atoms with E-state index in [2.05, 4.69) is 68.4 Å². The lowest BCUT2D eigenvalue weighted by atomic mass is 9.95. The molecule has 1 aromatic rings. The molecule has 0 aliphatic heterocycles. The van der Waals surface area contributed by atoms with Crippen molar-refractivity contribution in [2.45, 2.75) is 44.6 Å². The Morgan fingerprint density at radius 1 is 1.16 bits per heavy atom. The summed E-state index contributed by atoms with van der Waals surface area (Å²) < 4.78 is 0. The van der Waals surface area contributed by atoms with Gasteiger partial charge in [0.2, 0.25) is 0 Å². The predicted molar refractivity (Wildman–Crippen MR) is 82.6 cm³/mol. The Hall–Kier alpha value is -0.860. The molecule has 0 saturated heterocycles. The molecule has 0 spiro atoms. The zero-order valence-electron chi connectivity index (χ0n) is 12.9. The van der Waals surface area contributed by atoms with Crippen LogP contribution in [0.1, 0.15) is 39.2 Å². The lowest BCUT2D eigenvalue weighted by Gasteiger charge is -2.26. The summed E-state index contributed by atoms with van der Waals surface area (Å²) in [6.45, 7) is 10.0. The van der Waals surface area contributed by atoms with Gasteiger partial charge in [-0.2, -0.15) is 0 Å². The maximum absolute atomic E-state index is 3.56. The molecule has 1 saturated carbocycles. The van der Waals surface area contributed by atoms with Gasteiger partial charge in [0.1, 0.15) is 0 Å². The first-order valence-electron chi connectivity index (χ1n) is 7.40. The molecular formula is C17H28N2. The van der Waals surface area contributed by atoms with Gasteiger partial charge < -0.3 is 10.2 Å². The smallest absolute Gasteiger partial charge is 0.0104 e. The zero-order valence-corrected chi connectivity index (χ0v) is 12.9. The van der Waals surface area contributed by atoms with Crippen molar-refractivity contribution < 1.29 is 0 Å². The third-order valence-corrected chi connectivity index (χ3v) is 3.96. The Morgan fingerprint density at radius 3 is 2.32 bits per heavy atom. The van der Waals surface area contributed by atoms with Crippen LogP contribution < -0.4 is 5.32 Å². The largest absolute Gasteiger partial charge is 0.311 e. The number of hydrogen-bond acceptors (Lipinski definition) is 2. The zero-order chi connectivity index (χ0) is 13.9. The van der Waals surface area contributed by atoms with Gasteiger partial charge in [-0.05, 0) is 46.2 Å². The second kappa shape index (κ2) is 5.64. The topological polar surface area (TPSA) is 15.3 Å². The number of rotatable bonds is 6. The number of hydrogen-bond donors (Lipinski definition) is 1. The van der Waals surface area contributed by atoms with E-state index in [-0.39, 0.29) is 5.54 Å². The van der Waals surface area contributed by atoms with Crippen LogP contribution in [0.15, 0.2) is 30.3 Å². The summed E-state index contributed by atoms with van der Waals surface area (Å²) in [5.74, 6) is 0. The highest BCUT2D eigenvalue weighted by Gasteiger charge is 2.44. The molecule has 1 aliphatic carbocycles. The van der Waals surface area contributed by atoms with Crippen molar-refractivity contribution in [3.8, 4) is 0 Å². The van der Waals surface area contributed by atoms with Gasteiger partial charge in [-0.1, -0.05) is 30.3 Å². The summed E-state index contributed by atoms with van der Waals surface area (Å²) in [7, 11) is 2.24. The van der Waals surface area contributed by atoms with Crippen LogP contribution in [0.2, 0.25) is 0 Å². The fourth-order valence-electron chi connectivity index (χ4n) is 2.70. The van der Waals surface area contributed by atoms with E-state index < -0.39 is 0 Å². The molecule has 106 valence electrons. The van der Waals surface area contributed by atoms with E-state index in [1.165, 1.54) is 24.9 Å². The second-order valence-corrected chi connectivity index (χ2v) is 7.06. The van der Waals surface area contributed by atoms with E-state index in [1.807, 2.05) is 0 Å². The van der Waals surface area contributed by atoms with Gasteiger partial charge in [0, 0.05) is 30.6 Å². The standard InChI is InChI=1S/C17H28N2/c1-16(2,3)18-12-13-19(4)14-17(10-11-17)15-8-6-5-7-9-15/h5-9,18H,10-14H2,1-4H3. The molecule has 19 heavy (non-hydrogen) atoms. The molecule has 0 unspecified atom stereocenters. The van der Waals surface area contributed by atoms with Crippen molar-refractivity contribution >= 4 is 0 Å². The van der Waals surface area contributed by atoms with Gasteiger partial charge in [0.25, 0.3) is 0 Å². The highest BCUT2D eigenvalue weighted by atomic mass is 15.1. The van der Waals surface area contributed by atoms with Crippen molar-refractivity contribution in [1.82, 2.24) is 10.2 Å². The SMILES string of the molecule is CN(CCNC(C)(C)C)CC1(c2ccccc2)CC1. The average Bonchev–Trinajstić information content (AvgIpc) is 3.09. The number of nitrogens with zero attached hydrogens (tertiary/aromatic N) is 1. The van der Waals surface area contributed by atoms with Crippen LogP contribution in [-0.2, 0) is 5.41 Å². The van der Waals surface area contributed by atoms with Gasteiger partial charge in [0.05, 0.1) is 0 Å². The van der Waals surface area contributed by atoms with Gasteiger partial charge >= 0.3 is 0 Å². The quantitative estimate of drug-likeness (QED) is 0.846. The Morgan fingerprint density at radius 2 is 1.79 bits per heavy atom. The fraction of sp³-hybridized carbons (Fsp3) is 0.647. The van der Waals surface area contributed by atoms with Crippen molar-refractivity contribution in [2.75, 3.05) is 26.7 Å². The van der Waals surface area contributed by atoms with Gasteiger partial charge in [-0.3, -0.25) is 0 Å². The monoisotopic (exact) mass is 260 g/mol. The first kappa shape index (κ1) is 14.5. The molecule has 1 aromatic carbocycles. The highest BCUT2D eigenvalue weighted by Crippen LogP contribution is 2.48. The second-order valence-electron chi connectivity index (χ2n) is 7.06. The van der Waals surface area contributed by atoms with E-state index in [1.54, 1.807) is 0 Å². The van der Waals surface area contributed by atoms with Crippen LogP contribution in [0, 0.1) is 0 Å². The lowest BCUT2D eigenvalue weighted by Crippen LogP contribution is -2.42. The molecule has 2 heteroatoms. The van der Waals surface area contributed by atoms with Crippen LogP contribution in [0.25, 0.3) is 0 Å². The van der Waals surface area contributed by atoms with E-state index in [9.17, 15) is 0 Å². The maximum atomic E-state index is 3.56. The molecule has 0 aromatic heterocycles. The van der Waals surface area contributed by atoms with Crippen LogP contribution in [0.5, 0.6) is 0 Å². The third kappa shape index (κ3) is 4.32. The molecular weight excluding hydrogens is 232 g/mol. The molecule has 1 fully saturated rings. The number of likely N-dealkylation sites (N-methyl/N-ethyl adjacent to an activating group) is 1. The molecule has 0 heterocycles. The summed E-state index contributed by atoms with van der Waals surface area (Å²) in [6, 6.07) is 11.0. The Bertz CT molecular complexity index is 387. The molecule has 2 rings (SSSR count). The summed E-state index contributed by atoms with van der Waals surface area (Å²) in [6.07, 6.45) is 2.68. The maximum Gasteiger partial charge on any atom is 0.0104 e. The molecule has 1 N–H and O–H groups in total. The first-order chi connectivity index (χ1) is 8.91. The van der Waals surface area contributed by atoms with Crippen molar-refractivity contribution in [2.24, 2.45) is 0 Å². The first-order valence-corrected chi connectivity index (χ1v) is 7.40. The van der Waals surface area contributed by atoms with E-state index in [0.29, 0.717) is 5.41 Å². The van der Waals surface area contributed by atoms with Crippen LogP contribution in [0.3, 0.4) is 0 Å². The number of benzene rings is 1. The Balaban J connectivity index is 1.81. The molecule has 2 nitrogen and oxygen atoms in total. The summed E-state index contributed by atoms with van der Waals surface area (Å²) >= 11 is 0. The van der Waals surface area contributed by atoms with Gasteiger partial charge in [-0.25, -0.2) is 0 Å². The van der Waals surface area contributed by atoms with Crippen LogP contribution in [0.4, 0.5) is 0 Å². The van der Waals surface area contributed by atoms with Crippen molar-refractivity contribution in [1.29, 1.82) is 0 Å². The minimum absolute atomic E-state index is 0.220. The summed E-state index contributed by atoms with van der Waals surface area (Å²) in [4.78, 5) is 2.47. The van der Waals surface area contributed by atoms with Crippen molar-refractivity contribution in [3.63, 3.8) is 0 Å². The normalized spacial score (nSPS) is 17.7. The average molecular weight is 260 g/mol. The lowest BCUT2D eigenvalue weighted by molar-refractivity contribution is 0.285. The third-order valence-electron chi connectivity index (χ3n) is 3.96. The molecule has 0 radical (unpaired) electrons. The molecule has 0 amide bonds. The van der Waals surface area contributed by atoms with Crippen molar-refractivity contribution in [3.05, 3.63) is 35.9 Å². The molecule has 0 atom stereocenters.